The van der Waals surface area contributed by atoms with Gasteiger partial charge in [-0.3, -0.25) is 14.5 Å². The summed E-state index contributed by atoms with van der Waals surface area (Å²) in [4.78, 5) is 26.3. The van der Waals surface area contributed by atoms with E-state index < -0.39 is 6.17 Å². The molecule has 0 spiro atoms. The monoisotopic (exact) mass is 259 g/mol. The van der Waals surface area contributed by atoms with Crippen LogP contribution in [0.3, 0.4) is 0 Å². The maximum absolute atomic E-state index is 13.2. The van der Waals surface area contributed by atoms with E-state index in [9.17, 15) is 14.0 Å². The number of piperazine rings is 1. The number of hydrogen-bond donors (Lipinski definition) is 2. The lowest BCUT2D eigenvalue weighted by Crippen LogP contribution is -2.53. The molecule has 2 saturated heterocycles. The fourth-order valence-corrected chi connectivity index (χ4v) is 2.43. The fraction of sp³-hybridized carbons (Fsp3) is 0.818. The van der Waals surface area contributed by atoms with Crippen LogP contribution in [0.4, 0.5) is 4.39 Å². The summed E-state index contributed by atoms with van der Waals surface area (Å²) in [5.41, 5.74) is 0. The average Bonchev–Trinajstić information content (AvgIpc) is 2.69. The van der Waals surface area contributed by atoms with E-state index in [1.807, 2.05) is 0 Å². The number of aliphatic hydroxyl groups is 1. The van der Waals surface area contributed by atoms with Crippen molar-refractivity contribution in [3.8, 4) is 0 Å². The number of amides is 2. The molecule has 7 heteroatoms. The smallest absolute Gasteiger partial charge is 0.239 e. The van der Waals surface area contributed by atoms with Crippen LogP contribution in [-0.4, -0.2) is 78.3 Å². The Morgan fingerprint density at radius 3 is 3.00 bits per heavy atom. The van der Waals surface area contributed by atoms with Gasteiger partial charge in [-0.05, 0) is 6.42 Å². The minimum Gasteiger partial charge on any atom is -0.395 e. The first-order valence-electron chi connectivity index (χ1n) is 6.13. The van der Waals surface area contributed by atoms with Gasteiger partial charge < -0.3 is 15.3 Å². The molecule has 0 bridgehead atoms. The molecule has 2 amide bonds. The zero-order valence-electron chi connectivity index (χ0n) is 10.1. The number of aliphatic hydroxyl groups excluding tert-OH is 1. The molecule has 2 aliphatic heterocycles. The van der Waals surface area contributed by atoms with Crippen molar-refractivity contribution in [2.75, 3.05) is 39.3 Å². The second-order valence-electron chi connectivity index (χ2n) is 4.76. The van der Waals surface area contributed by atoms with Gasteiger partial charge in [0.2, 0.25) is 11.8 Å². The van der Waals surface area contributed by atoms with Crippen LogP contribution in [0.5, 0.6) is 0 Å². The third-order valence-electron chi connectivity index (χ3n) is 3.42. The minimum absolute atomic E-state index is 0.0650. The van der Waals surface area contributed by atoms with Crippen molar-refractivity contribution in [2.45, 2.75) is 18.6 Å². The normalized spacial score (nSPS) is 29.4. The first kappa shape index (κ1) is 13.2. The minimum atomic E-state index is -0.986. The summed E-state index contributed by atoms with van der Waals surface area (Å²) >= 11 is 0. The third kappa shape index (κ3) is 2.97. The van der Waals surface area contributed by atoms with Gasteiger partial charge in [0.25, 0.3) is 0 Å². The molecule has 2 heterocycles. The highest BCUT2D eigenvalue weighted by atomic mass is 19.1. The van der Waals surface area contributed by atoms with Crippen LogP contribution in [0.1, 0.15) is 6.42 Å². The molecule has 18 heavy (non-hydrogen) atoms. The molecule has 0 radical (unpaired) electrons. The number of hydrogen-bond acceptors (Lipinski definition) is 4. The van der Waals surface area contributed by atoms with Crippen molar-refractivity contribution in [1.29, 1.82) is 0 Å². The molecule has 102 valence electrons. The SMILES string of the molecule is O=C1CN(C(=O)CN2C[C@@H](F)C[C@H]2CO)CCN1. The van der Waals surface area contributed by atoms with Crippen LogP contribution in [0.15, 0.2) is 0 Å². The summed E-state index contributed by atoms with van der Waals surface area (Å²) in [6.45, 7) is 1.11. The van der Waals surface area contributed by atoms with Crippen LogP contribution in [-0.2, 0) is 9.59 Å². The first-order chi connectivity index (χ1) is 8.60. The Kier molecular flexibility index (Phi) is 4.13. The summed E-state index contributed by atoms with van der Waals surface area (Å²) in [5.74, 6) is -0.351. The number of nitrogens with one attached hydrogen (secondary N) is 1. The molecule has 2 fully saturated rings. The Hall–Kier alpha value is -1.21. The molecule has 2 N–H and O–H groups in total. The standard InChI is InChI=1S/C11H18FN3O3/c12-8-3-9(7-16)15(4-8)6-11(18)14-2-1-13-10(17)5-14/h8-9,16H,1-7H2,(H,13,17)/t8-,9-/m0/s1. The summed E-state index contributed by atoms with van der Waals surface area (Å²) in [7, 11) is 0. The van der Waals surface area contributed by atoms with E-state index in [1.54, 1.807) is 4.90 Å². The van der Waals surface area contributed by atoms with Gasteiger partial charge in [0.05, 0.1) is 19.7 Å². The summed E-state index contributed by atoms with van der Waals surface area (Å²) in [6, 6.07) is -0.289. The number of likely N-dealkylation sites (tertiary alicyclic amines) is 1. The van der Waals surface area contributed by atoms with Gasteiger partial charge in [-0.1, -0.05) is 0 Å². The molecule has 0 saturated carbocycles. The number of carbonyl (C=O) groups excluding carboxylic acids is 2. The Labute approximate surface area is 105 Å². The van der Waals surface area contributed by atoms with Crippen LogP contribution < -0.4 is 5.32 Å². The van der Waals surface area contributed by atoms with Crippen LogP contribution in [0.2, 0.25) is 0 Å². The maximum atomic E-state index is 13.2. The zero-order chi connectivity index (χ0) is 13.1. The van der Waals surface area contributed by atoms with Crippen molar-refractivity contribution in [2.24, 2.45) is 0 Å². The van der Waals surface area contributed by atoms with E-state index in [2.05, 4.69) is 5.32 Å². The van der Waals surface area contributed by atoms with Crippen molar-refractivity contribution in [3.63, 3.8) is 0 Å². The van der Waals surface area contributed by atoms with Gasteiger partial charge >= 0.3 is 0 Å². The summed E-state index contributed by atoms with van der Waals surface area (Å²) in [5, 5.41) is 11.8. The molecule has 0 aliphatic carbocycles. The highest BCUT2D eigenvalue weighted by Crippen LogP contribution is 2.19. The molecule has 2 atom stereocenters. The van der Waals surface area contributed by atoms with Crippen molar-refractivity contribution in [3.05, 3.63) is 0 Å². The Balaban J connectivity index is 1.88. The molecule has 0 aromatic heterocycles. The van der Waals surface area contributed by atoms with E-state index in [0.29, 0.717) is 13.1 Å². The lowest BCUT2D eigenvalue weighted by atomic mass is 10.2. The van der Waals surface area contributed by atoms with Crippen LogP contribution in [0.25, 0.3) is 0 Å². The number of halogens is 1. The predicted octanol–water partition coefficient (Wildman–Crippen LogP) is -1.65. The molecule has 0 aromatic carbocycles. The van der Waals surface area contributed by atoms with Crippen molar-refractivity contribution in [1.82, 2.24) is 15.1 Å². The van der Waals surface area contributed by atoms with Gasteiger partial charge in [-0.25, -0.2) is 4.39 Å². The summed E-state index contributed by atoms with van der Waals surface area (Å²) in [6.07, 6.45) is -0.718. The lowest BCUT2D eigenvalue weighted by molar-refractivity contribution is -0.139. The number of rotatable bonds is 3. The van der Waals surface area contributed by atoms with E-state index in [0.717, 1.165) is 0 Å². The highest BCUT2D eigenvalue weighted by molar-refractivity contribution is 5.86. The first-order valence-corrected chi connectivity index (χ1v) is 6.13. The van der Waals surface area contributed by atoms with E-state index >= 15 is 0 Å². The Morgan fingerprint density at radius 2 is 2.33 bits per heavy atom. The van der Waals surface area contributed by atoms with Crippen LogP contribution >= 0.6 is 0 Å². The predicted molar refractivity (Wildman–Crippen MR) is 61.5 cm³/mol. The lowest BCUT2D eigenvalue weighted by Gasteiger charge is -2.29. The molecular formula is C11H18FN3O3. The van der Waals surface area contributed by atoms with Gasteiger partial charge in [0.1, 0.15) is 6.17 Å². The number of nitrogens with zero attached hydrogens (tertiary/aromatic N) is 2. The van der Waals surface area contributed by atoms with Crippen molar-refractivity contribution < 1.29 is 19.1 Å². The topological polar surface area (TPSA) is 72.9 Å². The molecular weight excluding hydrogens is 241 g/mol. The van der Waals surface area contributed by atoms with Gasteiger partial charge in [-0.15, -0.1) is 0 Å². The largest absolute Gasteiger partial charge is 0.395 e. The van der Waals surface area contributed by atoms with Crippen molar-refractivity contribution >= 4 is 11.8 Å². The average molecular weight is 259 g/mol. The van der Waals surface area contributed by atoms with Gasteiger partial charge in [-0.2, -0.15) is 0 Å². The highest BCUT2D eigenvalue weighted by Gasteiger charge is 2.34. The van der Waals surface area contributed by atoms with Gasteiger partial charge in [0, 0.05) is 25.7 Å². The zero-order valence-corrected chi connectivity index (χ0v) is 10.1. The number of alkyl halides is 1. The molecule has 2 aliphatic rings. The van der Waals surface area contributed by atoms with E-state index in [4.69, 9.17) is 5.11 Å². The van der Waals surface area contributed by atoms with Crippen LogP contribution in [0, 0.1) is 0 Å². The fourth-order valence-electron chi connectivity index (χ4n) is 2.43. The second kappa shape index (κ2) is 5.62. The molecule has 6 nitrogen and oxygen atoms in total. The van der Waals surface area contributed by atoms with E-state index in [-0.39, 0.29) is 50.5 Å². The Morgan fingerprint density at radius 1 is 1.56 bits per heavy atom. The number of carbonyl (C=O) groups is 2. The third-order valence-corrected chi connectivity index (χ3v) is 3.42. The van der Waals surface area contributed by atoms with Gasteiger partial charge in [0.15, 0.2) is 0 Å². The van der Waals surface area contributed by atoms with E-state index in [1.165, 1.54) is 4.90 Å². The molecule has 0 aromatic rings. The molecule has 2 rings (SSSR count). The maximum Gasteiger partial charge on any atom is 0.239 e. The quantitative estimate of drug-likeness (QED) is 0.637. The second-order valence-corrected chi connectivity index (χ2v) is 4.76. The summed E-state index contributed by atoms with van der Waals surface area (Å²) < 4.78 is 13.2. The Bertz CT molecular complexity index is 339. The molecule has 0 unspecified atom stereocenters.